The zero-order valence-electron chi connectivity index (χ0n) is 22.6. The number of hydrogen-bond donors (Lipinski definition) is 3. The summed E-state index contributed by atoms with van der Waals surface area (Å²) >= 11 is 0. The Balaban J connectivity index is 2.45. The molecule has 1 aliphatic rings. The molecule has 0 atom stereocenters. The summed E-state index contributed by atoms with van der Waals surface area (Å²) in [6.07, 6.45) is 26.6. The van der Waals surface area contributed by atoms with Gasteiger partial charge in [-0.2, -0.15) is 5.48 Å². The molecule has 0 aromatic heterocycles. The van der Waals surface area contributed by atoms with Gasteiger partial charge in [0.1, 0.15) is 0 Å². The Morgan fingerprint density at radius 2 is 1.11 bits per heavy atom. The minimum absolute atomic E-state index is 0.238. The normalized spacial score (nSPS) is 20.3. The van der Waals surface area contributed by atoms with E-state index < -0.39 is 11.9 Å². The van der Waals surface area contributed by atoms with E-state index in [-0.39, 0.29) is 17.9 Å². The minimum Gasteiger partial charge on any atom is -0.478 e. The first-order chi connectivity index (χ1) is 18.1. The summed E-state index contributed by atoms with van der Waals surface area (Å²) in [4.78, 5) is 39.2. The van der Waals surface area contributed by atoms with Crippen LogP contribution in [-0.2, 0) is 19.2 Å². The van der Waals surface area contributed by atoms with Gasteiger partial charge in [0.25, 0.3) is 5.91 Å². The summed E-state index contributed by atoms with van der Waals surface area (Å²) in [6, 6.07) is 0. The molecule has 1 fully saturated rings. The smallest absolute Gasteiger partial charge is 0.355 e. The van der Waals surface area contributed by atoms with Crippen LogP contribution in [0.4, 0.5) is 0 Å². The molecule has 1 amide bonds. The number of carbonyl (C=O) groups excluding carboxylic acids is 2. The number of aliphatic carboxylic acids is 1. The van der Waals surface area contributed by atoms with Gasteiger partial charge >= 0.3 is 11.9 Å². The van der Waals surface area contributed by atoms with Crippen molar-refractivity contribution in [1.29, 1.82) is 0 Å². The lowest BCUT2D eigenvalue weighted by molar-refractivity contribution is -0.156. The fourth-order valence-corrected chi connectivity index (χ4v) is 3.30. The van der Waals surface area contributed by atoms with Gasteiger partial charge in [0.05, 0.1) is 6.10 Å². The molecule has 0 aromatic rings. The second-order valence-electron chi connectivity index (χ2n) is 9.14. The van der Waals surface area contributed by atoms with E-state index in [0.717, 1.165) is 28.4 Å². The van der Waals surface area contributed by atoms with Gasteiger partial charge in [0.2, 0.25) is 0 Å². The number of aliphatic hydroxyl groups is 1. The van der Waals surface area contributed by atoms with Gasteiger partial charge in [0, 0.05) is 18.1 Å². The van der Waals surface area contributed by atoms with Crippen LogP contribution in [0.3, 0.4) is 0 Å². The number of carbonyl (C=O) groups is 3. The highest BCUT2D eigenvalue weighted by molar-refractivity contribution is 5.85. The average molecular weight is 522 g/mol. The lowest BCUT2D eigenvalue weighted by Gasteiger charge is -2.23. The summed E-state index contributed by atoms with van der Waals surface area (Å²) in [5.41, 5.74) is 5.97. The van der Waals surface area contributed by atoms with E-state index in [1.165, 1.54) is 6.08 Å². The standard InChI is InChI=1S/C31H39NO6/c1-23(11-7-13-25(3)15-21-29(34)35)9-5-6-10-24(2)12-8-14-26(4)16-22-30(36)38-32-31(37)27-17-19-28(33)20-18-27/h5-16,21-22,27-28,33H,17-20H2,1-4H3,(H,32,37)(H,34,35)/b6-5+,11-7+,12-8+,21-15+,22-16+,23-9+,24-10+,25-13-,26-14+. The minimum atomic E-state index is -0.970. The molecule has 0 heterocycles. The van der Waals surface area contributed by atoms with E-state index >= 15 is 0 Å². The number of carboxylic acids is 1. The van der Waals surface area contributed by atoms with E-state index in [1.54, 1.807) is 12.2 Å². The number of hydrogen-bond acceptors (Lipinski definition) is 5. The SMILES string of the molecule is CC(=C/C=C/C(C)=C/C=C/C=C(C)/C=C/C=C(C)/C=C/C(=O)ONC(=O)C1CCC(O)CC1)/C=C/C(=O)O. The van der Waals surface area contributed by atoms with Crippen molar-refractivity contribution in [2.75, 3.05) is 0 Å². The number of nitrogens with one attached hydrogen (secondary N) is 1. The van der Waals surface area contributed by atoms with Gasteiger partial charge in [-0.25, -0.2) is 9.59 Å². The summed E-state index contributed by atoms with van der Waals surface area (Å²) in [7, 11) is 0. The summed E-state index contributed by atoms with van der Waals surface area (Å²) in [5.74, 6) is -2.20. The van der Waals surface area contributed by atoms with E-state index in [2.05, 4.69) is 5.48 Å². The Kier molecular flexibility index (Phi) is 15.4. The van der Waals surface area contributed by atoms with Crippen molar-refractivity contribution in [3.63, 3.8) is 0 Å². The topological polar surface area (TPSA) is 113 Å². The van der Waals surface area contributed by atoms with Gasteiger partial charge in [-0.3, -0.25) is 4.79 Å². The molecule has 1 saturated carbocycles. The van der Waals surface area contributed by atoms with Crippen LogP contribution >= 0.6 is 0 Å². The number of aliphatic hydroxyl groups excluding tert-OH is 1. The Morgan fingerprint density at radius 1 is 0.658 bits per heavy atom. The molecule has 0 aromatic carbocycles. The monoisotopic (exact) mass is 521 g/mol. The maximum absolute atomic E-state index is 12.0. The van der Waals surface area contributed by atoms with E-state index in [0.29, 0.717) is 25.7 Å². The highest BCUT2D eigenvalue weighted by Gasteiger charge is 2.25. The second kappa shape index (κ2) is 18.3. The van der Waals surface area contributed by atoms with Crippen molar-refractivity contribution in [3.8, 4) is 0 Å². The van der Waals surface area contributed by atoms with Crippen molar-refractivity contribution < 1.29 is 29.4 Å². The number of amides is 1. The maximum Gasteiger partial charge on any atom is 0.355 e. The molecule has 0 unspecified atom stereocenters. The number of allylic oxidation sites excluding steroid dienone is 16. The van der Waals surface area contributed by atoms with Crippen molar-refractivity contribution in [1.82, 2.24) is 5.48 Å². The van der Waals surface area contributed by atoms with E-state index in [9.17, 15) is 19.5 Å². The lowest BCUT2D eigenvalue weighted by Crippen LogP contribution is -2.35. The molecule has 1 aliphatic carbocycles. The van der Waals surface area contributed by atoms with Crippen LogP contribution in [0.25, 0.3) is 0 Å². The third kappa shape index (κ3) is 15.9. The molecule has 7 nitrogen and oxygen atoms in total. The molecule has 7 heteroatoms. The fraction of sp³-hybridized carbons (Fsp3) is 0.323. The largest absolute Gasteiger partial charge is 0.478 e. The first-order valence-electron chi connectivity index (χ1n) is 12.6. The lowest BCUT2D eigenvalue weighted by atomic mass is 9.87. The molecular weight excluding hydrogens is 482 g/mol. The average Bonchev–Trinajstić information content (AvgIpc) is 2.87. The van der Waals surface area contributed by atoms with Crippen molar-refractivity contribution in [2.45, 2.75) is 59.5 Å². The Labute approximate surface area is 225 Å². The first kappa shape index (κ1) is 32.1. The maximum atomic E-state index is 12.0. The summed E-state index contributed by atoms with van der Waals surface area (Å²) in [6.45, 7) is 7.63. The van der Waals surface area contributed by atoms with Gasteiger partial charge in [-0.1, -0.05) is 95.2 Å². The first-order valence-corrected chi connectivity index (χ1v) is 12.6. The predicted octanol–water partition coefficient (Wildman–Crippen LogP) is 5.76. The zero-order valence-corrected chi connectivity index (χ0v) is 22.6. The molecule has 0 saturated heterocycles. The summed E-state index contributed by atoms with van der Waals surface area (Å²) in [5, 5.41) is 18.1. The Morgan fingerprint density at radius 3 is 1.61 bits per heavy atom. The Bertz CT molecular complexity index is 1090. The highest BCUT2D eigenvalue weighted by Crippen LogP contribution is 2.24. The number of carboxylic acid groups (broad SMARTS) is 1. The predicted molar refractivity (Wildman–Crippen MR) is 151 cm³/mol. The van der Waals surface area contributed by atoms with Gasteiger partial charge in [-0.15, -0.1) is 0 Å². The van der Waals surface area contributed by atoms with Crippen molar-refractivity contribution in [3.05, 3.63) is 107 Å². The van der Waals surface area contributed by atoms with Crippen LogP contribution < -0.4 is 5.48 Å². The molecule has 0 aliphatic heterocycles. The molecule has 0 spiro atoms. The van der Waals surface area contributed by atoms with Crippen LogP contribution in [0.2, 0.25) is 0 Å². The van der Waals surface area contributed by atoms with Crippen molar-refractivity contribution >= 4 is 17.8 Å². The van der Waals surface area contributed by atoms with Crippen LogP contribution in [0.1, 0.15) is 53.4 Å². The second-order valence-corrected chi connectivity index (χ2v) is 9.14. The third-order valence-electron chi connectivity index (χ3n) is 5.56. The number of hydroxylamine groups is 1. The molecule has 38 heavy (non-hydrogen) atoms. The van der Waals surface area contributed by atoms with E-state index in [1.807, 2.05) is 88.5 Å². The molecular formula is C31H39NO6. The van der Waals surface area contributed by atoms with Gasteiger partial charge in [0.15, 0.2) is 0 Å². The zero-order chi connectivity index (χ0) is 28.3. The van der Waals surface area contributed by atoms with Crippen LogP contribution in [-0.4, -0.2) is 34.2 Å². The van der Waals surface area contributed by atoms with Crippen LogP contribution in [0.5, 0.6) is 0 Å². The van der Waals surface area contributed by atoms with Crippen LogP contribution in [0, 0.1) is 5.92 Å². The Hall–Kier alpha value is -3.97. The molecule has 1 rings (SSSR count). The molecule has 204 valence electrons. The van der Waals surface area contributed by atoms with Crippen molar-refractivity contribution in [2.24, 2.45) is 5.92 Å². The van der Waals surface area contributed by atoms with E-state index in [4.69, 9.17) is 9.94 Å². The molecule has 0 bridgehead atoms. The highest BCUT2D eigenvalue weighted by atomic mass is 16.7. The van der Waals surface area contributed by atoms with Gasteiger partial charge in [-0.05, 0) is 53.4 Å². The third-order valence-corrected chi connectivity index (χ3v) is 5.56. The summed E-state index contributed by atoms with van der Waals surface area (Å²) < 4.78 is 0. The van der Waals surface area contributed by atoms with Crippen LogP contribution in [0.15, 0.2) is 107 Å². The molecule has 3 N–H and O–H groups in total. The number of rotatable bonds is 11. The fourth-order valence-electron chi connectivity index (χ4n) is 3.30. The molecule has 0 radical (unpaired) electrons. The van der Waals surface area contributed by atoms with Gasteiger partial charge < -0.3 is 15.1 Å². The quantitative estimate of drug-likeness (QED) is 0.181.